The minimum Gasteiger partial charge on any atom is -0.256 e. The van der Waals surface area contributed by atoms with Gasteiger partial charge in [0.25, 0.3) is 0 Å². The summed E-state index contributed by atoms with van der Waals surface area (Å²) in [5, 5.41) is 0. The van der Waals surface area contributed by atoms with Crippen molar-refractivity contribution < 1.29 is 0 Å². The van der Waals surface area contributed by atoms with E-state index in [9.17, 15) is 0 Å². The predicted molar refractivity (Wildman–Crippen MR) is 69.1 cm³/mol. The van der Waals surface area contributed by atoms with Crippen LogP contribution in [0.15, 0.2) is 53.5 Å². The van der Waals surface area contributed by atoms with Crippen molar-refractivity contribution in [2.24, 2.45) is 4.99 Å². The number of fused-ring (bicyclic) bond motifs is 2. The van der Waals surface area contributed by atoms with Gasteiger partial charge >= 0.3 is 0 Å². The Balaban J connectivity index is 2.18. The lowest BCUT2D eigenvalue weighted by molar-refractivity contribution is 1.49. The highest BCUT2D eigenvalue weighted by Crippen LogP contribution is 2.24. The first-order chi connectivity index (χ1) is 7.93. The molecule has 0 N–H and O–H groups in total. The first-order valence-corrected chi connectivity index (χ1v) is 5.34. The highest BCUT2D eigenvalue weighted by atomic mass is 14.7. The number of aliphatic imine (C=N–C) groups is 1. The van der Waals surface area contributed by atoms with E-state index >= 15 is 0 Å². The zero-order valence-electron chi connectivity index (χ0n) is 8.80. The molecule has 1 heteroatoms. The zero-order chi connectivity index (χ0) is 10.8. The van der Waals surface area contributed by atoms with E-state index in [1.807, 2.05) is 36.5 Å². The molecule has 2 aromatic rings. The number of hydrogen-bond donors (Lipinski definition) is 0. The van der Waals surface area contributed by atoms with E-state index in [0.717, 1.165) is 16.8 Å². The lowest BCUT2D eigenvalue weighted by atomic mass is 10.0. The first kappa shape index (κ1) is 9.10. The molecular formula is C15H11N. The minimum absolute atomic E-state index is 1.02. The van der Waals surface area contributed by atoms with Gasteiger partial charge in [0.05, 0.1) is 5.69 Å². The Morgan fingerprint density at radius 1 is 0.625 bits per heavy atom. The van der Waals surface area contributed by atoms with Crippen LogP contribution in [-0.2, 0) is 0 Å². The van der Waals surface area contributed by atoms with Crippen LogP contribution in [0.3, 0.4) is 0 Å². The van der Waals surface area contributed by atoms with Gasteiger partial charge in [0, 0.05) is 11.8 Å². The summed E-state index contributed by atoms with van der Waals surface area (Å²) in [5.41, 5.74) is 4.55. The molecule has 0 fully saturated rings. The molecule has 1 heterocycles. The van der Waals surface area contributed by atoms with Crippen LogP contribution >= 0.6 is 0 Å². The number of hydrogen-bond acceptors (Lipinski definition) is 1. The second kappa shape index (κ2) is 3.78. The Kier molecular flexibility index (Phi) is 2.15. The molecule has 0 atom stereocenters. The van der Waals surface area contributed by atoms with E-state index in [1.54, 1.807) is 0 Å². The summed E-state index contributed by atoms with van der Waals surface area (Å²) in [6.07, 6.45) is 6.18. The number of rotatable bonds is 0. The lowest BCUT2D eigenvalue weighted by Gasteiger charge is -2.06. The van der Waals surface area contributed by atoms with Crippen molar-refractivity contribution >= 4 is 24.1 Å². The third-order valence-electron chi connectivity index (χ3n) is 2.72. The van der Waals surface area contributed by atoms with E-state index in [2.05, 4.69) is 35.3 Å². The van der Waals surface area contributed by atoms with Crippen LogP contribution in [0.25, 0.3) is 12.2 Å². The van der Waals surface area contributed by atoms with E-state index in [1.165, 1.54) is 5.56 Å². The predicted octanol–water partition coefficient (Wildman–Crippen LogP) is 3.92. The van der Waals surface area contributed by atoms with Crippen LogP contribution < -0.4 is 0 Å². The van der Waals surface area contributed by atoms with Gasteiger partial charge in [0.1, 0.15) is 0 Å². The molecule has 0 saturated carbocycles. The number of benzene rings is 2. The number of nitrogens with zero attached hydrogens (tertiary/aromatic N) is 1. The molecule has 0 saturated heterocycles. The highest BCUT2D eigenvalue weighted by molar-refractivity contribution is 5.92. The Morgan fingerprint density at radius 2 is 1.25 bits per heavy atom. The molecule has 1 aliphatic rings. The molecular weight excluding hydrogens is 194 g/mol. The largest absolute Gasteiger partial charge is 0.256 e. The summed E-state index contributed by atoms with van der Waals surface area (Å²) in [6, 6.07) is 16.4. The van der Waals surface area contributed by atoms with Gasteiger partial charge in [-0.3, -0.25) is 4.99 Å². The van der Waals surface area contributed by atoms with Crippen molar-refractivity contribution in [2.45, 2.75) is 0 Å². The third-order valence-corrected chi connectivity index (χ3v) is 2.72. The van der Waals surface area contributed by atoms with E-state index in [0.29, 0.717) is 0 Å². The molecule has 0 unspecified atom stereocenters. The fourth-order valence-corrected chi connectivity index (χ4v) is 1.84. The molecule has 3 rings (SSSR count). The molecule has 0 aliphatic carbocycles. The summed E-state index contributed by atoms with van der Waals surface area (Å²) in [4.78, 5) is 4.51. The Bertz CT molecular complexity index is 476. The fourth-order valence-electron chi connectivity index (χ4n) is 1.84. The van der Waals surface area contributed by atoms with Crippen molar-refractivity contribution in [3.63, 3.8) is 0 Å². The van der Waals surface area contributed by atoms with Crippen molar-refractivity contribution in [2.75, 3.05) is 0 Å². The maximum atomic E-state index is 4.51. The van der Waals surface area contributed by atoms with Crippen LogP contribution in [0.1, 0.15) is 16.7 Å². The third kappa shape index (κ3) is 1.57. The van der Waals surface area contributed by atoms with Gasteiger partial charge in [-0.05, 0) is 17.2 Å². The summed E-state index contributed by atoms with van der Waals surface area (Å²) < 4.78 is 0. The number of para-hydroxylation sites is 1. The molecule has 0 bridgehead atoms. The Morgan fingerprint density at radius 3 is 2.12 bits per heavy atom. The molecule has 1 nitrogen and oxygen atoms in total. The van der Waals surface area contributed by atoms with Gasteiger partial charge in [-0.1, -0.05) is 54.6 Å². The summed E-state index contributed by atoms with van der Waals surface area (Å²) in [6.45, 7) is 0. The van der Waals surface area contributed by atoms with Gasteiger partial charge in [0.2, 0.25) is 0 Å². The van der Waals surface area contributed by atoms with Crippen molar-refractivity contribution in [3.8, 4) is 0 Å². The average Bonchev–Trinajstić information content (AvgIpc) is 2.32. The molecule has 1 aliphatic heterocycles. The average molecular weight is 205 g/mol. The van der Waals surface area contributed by atoms with Gasteiger partial charge < -0.3 is 0 Å². The molecule has 0 radical (unpaired) electrons. The molecule has 0 spiro atoms. The molecule has 0 aromatic heterocycles. The second-order valence-corrected chi connectivity index (χ2v) is 3.78. The van der Waals surface area contributed by atoms with Crippen LogP contribution in [0.4, 0.5) is 5.69 Å². The van der Waals surface area contributed by atoms with E-state index in [-0.39, 0.29) is 0 Å². The van der Waals surface area contributed by atoms with E-state index in [4.69, 9.17) is 0 Å². The van der Waals surface area contributed by atoms with Gasteiger partial charge in [-0.25, -0.2) is 0 Å². The minimum atomic E-state index is 1.02. The monoisotopic (exact) mass is 205 g/mol. The van der Waals surface area contributed by atoms with E-state index < -0.39 is 0 Å². The highest BCUT2D eigenvalue weighted by Gasteiger charge is 2.01. The fraction of sp³-hybridized carbons (Fsp3) is 0. The zero-order valence-corrected chi connectivity index (χ0v) is 8.80. The molecule has 0 amide bonds. The van der Waals surface area contributed by atoms with Crippen LogP contribution in [0.2, 0.25) is 0 Å². The topological polar surface area (TPSA) is 12.4 Å². The van der Waals surface area contributed by atoms with Gasteiger partial charge in [-0.15, -0.1) is 0 Å². The summed E-state index contributed by atoms with van der Waals surface area (Å²) >= 11 is 0. The first-order valence-electron chi connectivity index (χ1n) is 5.34. The Hall–Kier alpha value is -2.15. The maximum absolute atomic E-state index is 4.51. The maximum Gasteiger partial charge on any atom is 0.0702 e. The quantitative estimate of drug-likeness (QED) is 0.527. The normalized spacial score (nSPS) is 16.5. The van der Waals surface area contributed by atoms with Crippen molar-refractivity contribution in [1.29, 1.82) is 0 Å². The lowest BCUT2D eigenvalue weighted by Crippen LogP contribution is -1.88. The second-order valence-electron chi connectivity index (χ2n) is 3.78. The van der Waals surface area contributed by atoms with Crippen LogP contribution in [0, 0.1) is 0 Å². The van der Waals surface area contributed by atoms with Crippen LogP contribution in [0.5, 0.6) is 0 Å². The summed E-state index contributed by atoms with van der Waals surface area (Å²) in [7, 11) is 0. The van der Waals surface area contributed by atoms with Crippen LogP contribution in [-0.4, -0.2) is 6.21 Å². The van der Waals surface area contributed by atoms with Gasteiger partial charge in [0.15, 0.2) is 0 Å². The smallest absolute Gasteiger partial charge is 0.0702 e. The molecule has 76 valence electrons. The Labute approximate surface area is 94.8 Å². The van der Waals surface area contributed by atoms with Crippen molar-refractivity contribution in [3.05, 3.63) is 65.2 Å². The molecule has 16 heavy (non-hydrogen) atoms. The van der Waals surface area contributed by atoms with Crippen molar-refractivity contribution in [1.82, 2.24) is 0 Å². The summed E-state index contributed by atoms with van der Waals surface area (Å²) in [5.74, 6) is 0. The van der Waals surface area contributed by atoms with Gasteiger partial charge in [-0.2, -0.15) is 0 Å². The standard InChI is InChI=1S/C15H11N/c1-2-7-14-11-16-15-8-4-3-6-13(15)10-9-12(14)5-1/h1-11H/b10-9-,12-9?,13-10?,14-11?,16-11-,16-15?. The SMILES string of the molecule is C1=C\c2ccccc2/N=C\c2ccccc2/1. The molecule has 2 aromatic carbocycles.